The maximum atomic E-state index is 11.2. The van der Waals surface area contributed by atoms with Crippen LogP contribution in [0.15, 0.2) is 36.4 Å². The van der Waals surface area contributed by atoms with Gasteiger partial charge in [-0.05, 0) is 64.0 Å². The summed E-state index contributed by atoms with van der Waals surface area (Å²) in [7, 11) is 1.51. The summed E-state index contributed by atoms with van der Waals surface area (Å²) in [4.78, 5) is 11.2. The maximum absolute atomic E-state index is 11.2. The molecular formula is C15H11Cl2IO3. The van der Waals surface area contributed by atoms with Gasteiger partial charge in [0.1, 0.15) is 6.61 Å². The van der Waals surface area contributed by atoms with Crippen LogP contribution in [0.3, 0.4) is 0 Å². The molecule has 0 aliphatic heterocycles. The van der Waals surface area contributed by atoms with Crippen molar-refractivity contribution in [3.63, 3.8) is 0 Å². The molecule has 6 heteroatoms. The summed E-state index contributed by atoms with van der Waals surface area (Å²) in [6.07, 6.45) is 0. The fourth-order valence-electron chi connectivity index (χ4n) is 1.76. The fourth-order valence-corrected chi connectivity index (χ4v) is 2.83. The van der Waals surface area contributed by atoms with Crippen molar-refractivity contribution in [3.05, 3.63) is 56.1 Å². The van der Waals surface area contributed by atoms with Crippen LogP contribution in [-0.4, -0.2) is 12.4 Å². The Morgan fingerprint density at radius 1 is 1.29 bits per heavy atom. The maximum Gasteiger partial charge on any atom is 0.252 e. The first-order chi connectivity index (χ1) is 10.0. The molecule has 0 atom stereocenters. The zero-order valence-electron chi connectivity index (χ0n) is 11.0. The SMILES string of the molecule is COc1cc(C(=O)Cl)cc(I)c1OCc1cccc(Cl)c1. The van der Waals surface area contributed by atoms with Gasteiger partial charge in [0.2, 0.25) is 0 Å². The Balaban J connectivity index is 2.25. The molecule has 0 amide bonds. The fraction of sp³-hybridized carbons (Fsp3) is 0.133. The number of ether oxygens (including phenoxy) is 2. The summed E-state index contributed by atoms with van der Waals surface area (Å²) in [6.45, 7) is 0.348. The van der Waals surface area contributed by atoms with E-state index in [9.17, 15) is 4.79 Å². The highest BCUT2D eigenvalue weighted by Gasteiger charge is 2.14. The Morgan fingerprint density at radius 2 is 2.05 bits per heavy atom. The van der Waals surface area contributed by atoms with E-state index in [0.717, 1.165) is 9.13 Å². The molecule has 0 aliphatic rings. The third-order valence-corrected chi connectivity index (χ3v) is 3.98. The van der Waals surface area contributed by atoms with Gasteiger partial charge in [-0.3, -0.25) is 4.79 Å². The monoisotopic (exact) mass is 436 g/mol. The lowest BCUT2D eigenvalue weighted by atomic mass is 10.2. The highest BCUT2D eigenvalue weighted by molar-refractivity contribution is 14.1. The van der Waals surface area contributed by atoms with Crippen molar-refractivity contribution >= 4 is 51.0 Å². The van der Waals surface area contributed by atoms with Gasteiger partial charge >= 0.3 is 0 Å². The van der Waals surface area contributed by atoms with E-state index in [1.807, 2.05) is 18.2 Å². The average molecular weight is 437 g/mol. The third kappa shape index (κ3) is 4.25. The number of carbonyl (C=O) groups is 1. The summed E-state index contributed by atoms with van der Waals surface area (Å²) in [5, 5.41) is 0.119. The van der Waals surface area contributed by atoms with Crippen molar-refractivity contribution in [2.45, 2.75) is 6.61 Å². The van der Waals surface area contributed by atoms with Crippen molar-refractivity contribution < 1.29 is 14.3 Å². The minimum atomic E-state index is -0.535. The number of hydrogen-bond donors (Lipinski definition) is 0. The lowest BCUT2D eigenvalue weighted by molar-refractivity contribution is 0.108. The van der Waals surface area contributed by atoms with Gasteiger partial charge in [-0.2, -0.15) is 0 Å². The first-order valence-corrected chi connectivity index (χ1v) is 7.79. The number of halogens is 3. The van der Waals surface area contributed by atoms with Crippen LogP contribution in [0.5, 0.6) is 11.5 Å². The van der Waals surface area contributed by atoms with Crippen LogP contribution in [0.1, 0.15) is 15.9 Å². The summed E-state index contributed by atoms with van der Waals surface area (Å²) < 4.78 is 11.8. The molecule has 0 heterocycles. The molecular weight excluding hydrogens is 426 g/mol. The predicted octanol–water partition coefficient (Wildman–Crippen LogP) is 4.91. The average Bonchev–Trinajstić information content (AvgIpc) is 2.45. The minimum Gasteiger partial charge on any atom is -0.493 e. The smallest absolute Gasteiger partial charge is 0.252 e. The Morgan fingerprint density at radius 3 is 2.67 bits per heavy atom. The number of hydrogen-bond acceptors (Lipinski definition) is 3. The molecule has 0 saturated heterocycles. The van der Waals surface area contributed by atoms with Crippen LogP contribution in [0.2, 0.25) is 5.02 Å². The standard InChI is InChI=1S/C15H11Cl2IO3/c1-20-13-7-10(15(17)19)6-12(18)14(13)21-8-9-3-2-4-11(16)5-9/h2-7H,8H2,1H3. The predicted molar refractivity (Wildman–Crippen MR) is 91.7 cm³/mol. The summed E-state index contributed by atoms with van der Waals surface area (Å²) in [6, 6.07) is 10.6. The molecule has 0 radical (unpaired) electrons. The van der Waals surface area contributed by atoms with E-state index < -0.39 is 5.24 Å². The van der Waals surface area contributed by atoms with Crippen LogP contribution in [0.4, 0.5) is 0 Å². The van der Waals surface area contributed by atoms with Crippen LogP contribution in [0, 0.1) is 3.57 Å². The molecule has 0 unspecified atom stereocenters. The molecule has 110 valence electrons. The molecule has 0 spiro atoms. The van der Waals surface area contributed by atoms with Crippen molar-refractivity contribution in [1.29, 1.82) is 0 Å². The minimum absolute atomic E-state index is 0.348. The molecule has 2 aromatic rings. The Hall–Kier alpha value is -0.980. The Bertz CT molecular complexity index is 674. The number of rotatable bonds is 5. The summed E-state index contributed by atoms with van der Waals surface area (Å²) in [5.74, 6) is 1.03. The third-order valence-electron chi connectivity index (χ3n) is 2.73. The lowest BCUT2D eigenvalue weighted by Gasteiger charge is -2.13. The molecule has 0 N–H and O–H groups in total. The second-order valence-electron chi connectivity index (χ2n) is 4.18. The van der Waals surface area contributed by atoms with Gasteiger partial charge in [-0.15, -0.1) is 0 Å². The van der Waals surface area contributed by atoms with Crippen LogP contribution >= 0.6 is 45.8 Å². The highest BCUT2D eigenvalue weighted by Crippen LogP contribution is 2.35. The van der Waals surface area contributed by atoms with Crippen molar-refractivity contribution in [2.24, 2.45) is 0 Å². The first-order valence-electron chi connectivity index (χ1n) is 5.96. The zero-order valence-corrected chi connectivity index (χ0v) is 14.7. The van der Waals surface area contributed by atoms with E-state index in [0.29, 0.717) is 28.7 Å². The van der Waals surface area contributed by atoms with Gasteiger partial charge in [0.15, 0.2) is 11.5 Å². The molecule has 0 aliphatic carbocycles. The van der Waals surface area contributed by atoms with Crippen LogP contribution in [-0.2, 0) is 6.61 Å². The van der Waals surface area contributed by atoms with Gasteiger partial charge in [0.05, 0.1) is 10.7 Å². The first kappa shape index (κ1) is 16.4. The molecule has 0 aromatic heterocycles. The Labute approximate surface area is 146 Å². The lowest BCUT2D eigenvalue weighted by Crippen LogP contribution is -2.01. The second kappa shape index (κ2) is 7.33. The van der Waals surface area contributed by atoms with Gasteiger partial charge in [-0.1, -0.05) is 23.7 Å². The quantitative estimate of drug-likeness (QED) is 0.493. The van der Waals surface area contributed by atoms with E-state index in [4.69, 9.17) is 32.7 Å². The zero-order chi connectivity index (χ0) is 15.4. The largest absolute Gasteiger partial charge is 0.493 e. The van der Waals surface area contributed by atoms with E-state index in [2.05, 4.69) is 22.6 Å². The molecule has 3 nitrogen and oxygen atoms in total. The molecule has 2 aromatic carbocycles. The number of carbonyl (C=O) groups excluding carboxylic acids is 1. The van der Waals surface area contributed by atoms with Crippen LogP contribution in [0.25, 0.3) is 0 Å². The highest BCUT2D eigenvalue weighted by atomic mass is 127. The van der Waals surface area contributed by atoms with Crippen LogP contribution < -0.4 is 9.47 Å². The summed E-state index contributed by atoms with van der Waals surface area (Å²) in [5.41, 5.74) is 1.31. The van der Waals surface area contributed by atoms with E-state index in [-0.39, 0.29) is 0 Å². The van der Waals surface area contributed by atoms with Crippen molar-refractivity contribution in [1.82, 2.24) is 0 Å². The van der Waals surface area contributed by atoms with E-state index in [1.54, 1.807) is 18.2 Å². The van der Waals surface area contributed by atoms with Crippen molar-refractivity contribution in [2.75, 3.05) is 7.11 Å². The molecule has 0 fully saturated rings. The Kier molecular flexibility index (Phi) is 5.72. The number of benzene rings is 2. The molecule has 2 rings (SSSR count). The van der Waals surface area contributed by atoms with Gasteiger partial charge in [0.25, 0.3) is 5.24 Å². The normalized spacial score (nSPS) is 10.3. The van der Waals surface area contributed by atoms with E-state index >= 15 is 0 Å². The van der Waals surface area contributed by atoms with Gasteiger partial charge < -0.3 is 9.47 Å². The molecule has 21 heavy (non-hydrogen) atoms. The molecule has 0 bridgehead atoms. The van der Waals surface area contributed by atoms with Crippen molar-refractivity contribution in [3.8, 4) is 11.5 Å². The van der Waals surface area contributed by atoms with Gasteiger partial charge in [-0.25, -0.2) is 0 Å². The number of methoxy groups -OCH3 is 1. The summed E-state index contributed by atoms with van der Waals surface area (Å²) >= 11 is 13.5. The van der Waals surface area contributed by atoms with Gasteiger partial charge in [0, 0.05) is 10.6 Å². The topological polar surface area (TPSA) is 35.5 Å². The molecule has 0 saturated carbocycles. The second-order valence-corrected chi connectivity index (χ2v) is 6.12. The van der Waals surface area contributed by atoms with E-state index in [1.165, 1.54) is 7.11 Å².